The monoisotopic (exact) mass is 496 g/mol. The number of sulfonamides is 1. The largest absolute Gasteiger partial charge is 0.324 e. The maximum absolute atomic E-state index is 13.3. The van der Waals surface area contributed by atoms with Gasteiger partial charge in [-0.05, 0) is 54.4 Å². The zero-order valence-electron chi connectivity index (χ0n) is 16.5. The summed E-state index contributed by atoms with van der Waals surface area (Å²) in [5, 5.41) is 3.51. The maximum Gasteiger partial charge on any atom is 0.243 e. The minimum Gasteiger partial charge on any atom is -0.324 e. The zero-order chi connectivity index (χ0) is 22.6. The Labute approximate surface area is 196 Å². The number of rotatable bonds is 7. The fraction of sp³-hybridized carbons (Fsp3) is 0.136. The first kappa shape index (κ1) is 23.6. The molecule has 5 nitrogen and oxygen atoms in total. The smallest absolute Gasteiger partial charge is 0.243 e. The SMILES string of the molecule is Cc1ccccc1CN(CC(=O)Nc1cccc(Cl)c1Cl)S(=O)(=O)c1ccc(Cl)cc1. The standard InChI is InChI=1S/C22H19Cl3N2O3S/c1-15-5-2-3-6-16(15)13-27(31(29,30)18-11-9-17(23)10-12-18)14-21(28)26-20-8-4-7-19(24)22(20)25/h2-12H,13-14H2,1H3,(H,26,28). The van der Waals surface area contributed by atoms with Crippen molar-refractivity contribution in [1.82, 2.24) is 4.31 Å². The van der Waals surface area contributed by atoms with Gasteiger partial charge in [-0.3, -0.25) is 4.79 Å². The van der Waals surface area contributed by atoms with Gasteiger partial charge < -0.3 is 5.32 Å². The van der Waals surface area contributed by atoms with Crippen LogP contribution in [0.3, 0.4) is 0 Å². The summed E-state index contributed by atoms with van der Waals surface area (Å²) in [6.45, 7) is 1.49. The molecule has 31 heavy (non-hydrogen) atoms. The van der Waals surface area contributed by atoms with Crippen molar-refractivity contribution >= 4 is 56.4 Å². The average Bonchev–Trinajstić information content (AvgIpc) is 2.73. The van der Waals surface area contributed by atoms with E-state index >= 15 is 0 Å². The van der Waals surface area contributed by atoms with E-state index in [9.17, 15) is 13.2 Å². The third-order valence-electron chi connectivity index (χ3n) is 4.61. The zero-order valence-corrected chi connectivity index (χ0v) is 19.6. The topological polar surface area (TPSA) is 66.5 Å². The van der Waals surface area contributed by atoms with Crippen LogP contribution in [0, 0.1) is 6.92 Å². The van der Waals surface area contributed by atoms with Gasteiger partial charge >= 0.3 is 0 Å². The Hall–Kier alpha value is -2.09. The van der Waals surface area contributed by atoms with E-state index in [0.717, 1.165) is 15.4 Å². The second-order valence-corrected chi connectivity index (χ2v) is 9.96. The van der Waals surface area contributed by atoms with E-state index in [-0.39, 0.29) is 21.5 Å². The van der Waals surface area contributed by atoms with Gasteiger partial charge in [0.05, 0.1) is 27.2 Å². The number of halogens is 3. The molecule has 0 saturated heterocycles. The van der Waals surface area contributed by atoms with Crippen LogP contribution in [0.5, 0.6) is 0 Å². The summed E-state index contributed by atoms with van der Waals surface area (Å²) in [6, 6.07) is 18.0. The van der Waals surface area contributed by atoms with E-state index in [1.807, 2.05) is 31.2 Å². The van der Waals surface area contributed by atoms with Crippen LogP contribution in [0.15, 0.2) is 71.6 Å². The lowest BCUT2D eigenvalue weighted by Gasteiger charge is -2.23. The second kappa shape index (κ2) is 10.0. The van der Waals surface area contributed by atoms with Gasteiger partial charge in [0.15, 0.2) is 0 Å². The molecular weight excluding hydrogens is 479 g/mol. The van der Waals surface area contributed by atoms with Gasteiger partial charge in [-0.1, -0.05) is 65.1 Å². The van der Waals surface area contributed by atoms with Gasteiger partial charge in [0.2, 0.25) is 15.9 Å². The van der Waals surface area contributed by atoms with Crippen molar-refractivity contribution < 1.29 is 13.2 Å². The summed E-state index contributed by atoms with van der Waals surface area (Å²) in [7, 11) is -3.98. The van der Waals surface area contributed by atoms with Crippen LogP contribution in [0.25, 0.3) is 0 Å². The third-order valence-corrected chi connectivity index (χ3v) is 7.48. The van der Waals surface area contributed by atoms with Gasteiger partial charge in [0.1, 0.15) is 0 Å². The number of anilines is 1. The first-order valence-electron chi connectivity index (χ1n) is 9.22. The summed E-state index contributed by atoms with van der Waals surface area (Å²) in [5.41, 5.74) is 2.00. The number of nitrogens with one attached hydrogen (secondary N) is 1. The lowest BCUT2D eigenvalue weighted by atomic mass is 10.1. The Morgan fingerprint density at radius 2 is 1.61 bits per heavy atom. The molecule has 0 saturated carbocycles. The quantitative estimate of drug-likeness (QED) is 0.449. The lowest BCUT2D eigenvalue weighted by molar-refractivity contribution is -0.116. The minimum atomic E-state index is -3.98. The number of hydrogen-bond donors (Lipinski definition) is 1. The number of hydrogen-bond acceptors (Lipinski definition) is 3. The van der Waals surface area contributed by atoms with Crippen LogP contribution in [-0.4, -0.2) is 25.2 Å². The molecule has 9 heteroatoms. The van der Waals surface area contributed by atoms with Gasteiger partial charge in [0, 0.05) is 11.6 Å². The lowest BCUT2D eigenvalue weighted by Crippen LogP contribution is -2.37. The van der Waals surface area contributed by atoms with E-state index < -0.39 is 22.5 Å². The van der Waals surface area contributed by atoms with Crippen molar-refractivity contribution in [3.8, 4) is 0 Å². The minimum absolute atomic E-state index is 0.0222. The molecule has 0 atom stereocenters. The molecule has 1 amide bonds. The van der Waals surface area contributed by atoms with Gasteiger partial charge in [-0.2, -0.15) is 4.31 Å². The molecule has 0 aliphatic carbocycles. The molecule has 0 radical (unpaired) electrons. The predicted octanol–water partition coefficient (Wildman–Crippen LogP) is 5.78. The number of amides is 1. The predicted molar refractivity (Wildman–Crippen MR) is 125 cm³/mol. The number of aryl methyl sites for hydroxylation is 1. The molecule has 0 fully saturated rings. The molecule has 3 rings (SSSR count). The molecule has 0 unspecified atom stereocenters. The highest BCUT2D eigenvalue weighted by Gasteiger charge is 2.27. The molecule has 162 valence electrons. The Kier molecular flexibility index (Phi) is 7.62. The summed E-state index contributed by atoms with van der Waals surface area (Å²) in [5.74, 6) is -0.546. The average molecular weight is 498 g/mol. The number of carbonyl (C=O) groups excluding carboxylic acids is 1. The second-order valence-electron chi connectivity index (χ2n) is 6.80. The molecule has 3 aromatic rings. The molecule has 0 aliphatic rings. The Balaban J connectivity index is 1.91. The molecule has 0 heterocycles. The fourth-order valence-electron chi connectivity index (χ4n) is 2.91. The van der Waals surface area contributed by atoms with E-state index in [1.54, 1.807) is 18.2 Å². The summed E-state index contributed by atoms with van der Waals surface area (Å²) >= 11 is 18.0. The first-order chi connectivity index (χ1) is 14.7. The molecule has 0 spiro atoms. The van der Waals surface area contributed by atoms with E-state index in [1.165, 1.54) is 24.3 Å². The molecule has 3 aromatic carbocycles. The van der Waals surface area contributed by atoms with E-state index in [4.69, 9.17) is 34.8 Å². The number of carbonyl (C=O) groups is 1. The van der Waals surface area contributed by atoms with Crippen LogP contribution in [0.2, 0.25) is 15.1 Å². The maximum atomic E-state index is 13.3. The van der Waals surface area contributed by atoms with Crippen molar-refractivity contribution in [3.05, 3.63) is 92.9 Å². The Morgan fingerprint density at radius 3 is 2.29 bits per heavy atom. The molecular formula is C22H19Cl3N2O3S. The van der Waals surface area contributed by atoms with Crippen molar-refractivity contribution in [3.63, 3.8) is 0 Å². The highest BCUT2D eigenvalue weighted by Crippen LogP contribution is 2.29. The highest BCUT2D eigenvalue weighted by atomic mass is 35.5. The molecule has 0 bridgehead atoms. The van der Waals surface area contributed by atoms with Crippen LogP contribution in [0.4, 0.5) is 5.69 Å². The van der Waals surface area contributed by atoms with E-state index in [0.29, 0.717) is 10.7 Å². The van der Waals surface area contributed by atoms with Crippen LogP contribution >= 0.6 is 34.8 Å². The van der Waals surface area contributed by atoms with Gasteiger partial charge in [0.25, 0.3) is 0 Å². The fourth-order valence-corrected chi connectivity index (χ4v) is 4.76. The molecule has 0 aromatic heterocycles. The number of benzene rings is 3. The van der Waals surface area contributed by atoms with Crippen molar-refractivity contribution in [2.45, 2.75) is 18.4 Å². The Morgan fingerprint density at radius 1 is 0.935 bits per heavy atom. The van der Waals surface area contributed by atoms with Crippen LogP contribution < -0.4 is 5.32 Å². The number of nitrogens with zero attached hydrogens (tertiary/aromatic N) is 1. The van der Waals surface area contributed by atoms with Crippen molar-refractivity contribution in [2.24, 2.45) is 0 Å². The highest BCUT2D eigenvalue weighted by molar-refractivity contribution is 7.89. The van der Waals surface area contributed by atoms with Crippen LogP contribution in [-0.2, 0) is 21.4 Å². The third kappa shape index (κ3) is 5.79. The normalized spacial score (nSPS) is 11.5. The van der Waals surface area contributed by atoms with Gasteiger partial charge in [-0.25, -0.2) is 8.42 Å². The summed E-state index contributed by atoms with van der Waals surface area (Å²) < 4.78 is 27.8. The van der Waals surface area contributed by atoms with E-state index in [2.05, 4.69) is 5.32 Å². The Bertz CT molecular complexity index is 1200. The molecule has 0 aliphatic heterocycles. The molecule has 1 N–H and O–H groups in total. The summed E-state index contributed by atoms with van der Waals surface area (Å²) in [6.07, 6.45) is 0. The van der Waals surface area contributed by atoms with Crippen molar-refractivity contribution in [1.29, 1.82) is 0 Å². The first-order valence-corrected chi connectivity index (χ1v) is 11.8. The van der Waals surface area contributed by atoms with Gasteiger partial charge in [-0.15, -0.1) is 0 Å². The van der Waals surface area contributed by atoms with Crippen LogP contribution in [0.1, 0.15) is 11.1 Å². The summed E-state index contributed by atoms with van der Waals surface area (Å²) in [4.78, 5) is 12.8. The van der Waals surface area contributed by atoms with Crippen molar-refractivity contribution in [2.75, 3.05) is 11.9 Å².